The first-order valence-electron chi connectivity index (χ1n) is 27.9. The van der Waals surface area contributed by atoms with Gasteiger partial charge >= 0.3 is 41.9 Å². The second-order valence-corrected chi connectivity index (χ2v) is 19.4. The number of amides is 1. The summed E-state index contributed by atoms with van der Waals surface area (Å²) in [5.74, 6) is -4.21. The Balaban J connectivity index is 2.95. The molecule has 1 heterocycles. The maximum Gasteiger partial charge on any atom is 0.410 e. The number of rotatable bonds is 45. The van der Waals surface area contributed by atoms with Crippen LogP contribution in [-0.2, 0) is 61.9 Å². The molecular formula is C55H97NO14. The molecule has 3 unspecified atom stereocenters. The minimum atomic E-state index is -0.772. The van der Waals surface area contributed by atoms with Crippen molar-refractivity contribution >= 4 is 41.9 Å². The lowest BCUT2D eigenvalue weighted by molar-refractivity contribution is -0.155. The molecule has 1 saturated heterocycles. The fourth-order valence-corrected chi connectivity index (χ4v) is 8.28. The Morgan fingerprint density at radius 3 is 1.27 bits per heavy atom. The molecule has 0 spiro atoms. The third-order valence-corrected chi connectivity index (χ3v) is 12.5. The fourth-order valence-electron chi connectivity index (χ4n) is 8.28. The van der Waals surface area contributed by atoms with Crippen molar-refractivity contribution in [3.8, 4) is 0 Å². The summed E-state index contributed by atoms with van der Waals surface area (Å²) in [4.78, 5) is 92.3. The molecule has 15 heteroatoms. The van der Waals surface area contributed by atoms with Gasteiger partial charge in [-0.05, 0) is 32.1 Å². The van der Waals surface area contributed by atoms with Crippen LogP contribution in [0.4, 0.5) is 4.79 Å². The van der Waals surface area contributed by atoms with Crippen LogP contribution in [0.15, 0.2) is 0 Å². The van der Waals surface area contributed by atoms with Crippen LogP contribution in [0.2, 0.25) is 0 Å². The maximum atomic E-state index is 13.5. The van der Waals surface area contributed by atoms with Gasteiger partial charge in [0.05, 0.1) is 64.9 Å². The highest BCUT2D eigenvalue weighted by molar-refractivity contribution is 5.75. The molecule has 15 nitrogen and oxygen atoms in total. The summed E-state index contributed by atoms with van der Waals surface area (Å²) in [6.07, 6.45) is 24.1. The van der Waals surface area contributed by atoms with Crippen LogP contribution < -0.4 is 0 Å². The van der Waals surface area contributed by atoms with E-state index in [9.17, 15) is 33.6 Å². The molecule has 1 fully saturated rings. The molecule has 0 aromatic carbocycles. The molecule has 1 aliphatic heterocycles. The van der Waals surface area contributed by atoms with Gasteiger partial charge in [-0.15, -0.1) is 0 Å². The first-order chi connectivity index (χ1) is 33.9. The van der Waals surface area contributed by atoms with Gasteiger partial charge in [-0.3, -0.25) is 33.7 Å². The van der Waals surface area contributed by atoms with Crippen LogP contribution in [0.3, 0.4) is 0 Å². The Morgan fingerprint density at radius 1 is 0.400 bits per heavy atom. The standard InChI is InChI=1S/C55H97NO14/c1-6-11-15-19-23-27-31-49(57)66-41-45(36-52(60)64-35-30-26-22-18-14-9-4)37-54(62)70-48-39-47(56(40-48)55(63)65-34-10-5)44-69-53(61)38-46(42-67-50(58)32-28-24-20-16-12-7-2)43-68-51(59)33-29-25-21-17-13-8-3/h45-48H,6-44H2,1-5H3. The molecule has 406 valence electrons. The summed E-state index contributed by atoms with van der Waals surface area (Å²) in [5.41, 5.74) is 0. The summed E-state index contributed by atoms with van der Waals surface area (Å²) in [6.45, 7) is 10.3. The largest absolute Gasteiger partial charge is 0.466 e. The molecule has 3 atom stereocenters. The van der Waals surface area contributed by atoms with Crippen LogP contribution in [0.1, 0.15) is 240 Å². The molecule has 0 bridgehead atoms. The minimum Gasteiger partial charge on any atom is -0.466 e. The monoisotopic (exact) mass is 996 g/mol. The van der Waals surface area contributed by atoms with Crippen molar-refractivity contribution in [3.05, 3.63) is 0 Å². The SMILES string of the molecule is CCCCCCCCOC(=O)CC(COC(=O)CCCCCCCC)CC(=O)OC1CC(COC(=O)CC(COC(=O)CCCCCCCC)COC(=O)CCCCCCCC)N(C(=O)OCCC)C1. The lowest BCUT2D eigenvalue weighted by Crippen LogP contribution is -2.39. The van der Waals surface area contributed by atoms with Crippen LogP contribution in [-0.4, -0.2) is 105 Å². The first-order valence-corrected chi connectivity index (χ1v) is 27.9. The first kappa shape index (κ1) is 64.1. The third kappa shape index (κ3) is 35.2. The van der Waals surface area contributed by atoms with Crippen LogP contribution in [0, 0.1) is 11.8 Å². The number of esters is 6. The highest BCUT2D eigenvalue weighted by Crippen LogP contribution is 2.25. The molecular weight excluding hydrogens is 899 g/mol. The summed E-state index contributed by atoms with van der Waals surface area (Å²) >= 11 is 0. The highest BCUT2D eigenvalue weighted by atomic mass is 16.6. The van der Waals surface area contributed by atoms with E-state index in [1.54, 1.807) is 0 Å². The summed E-state index contributed by atoms with van der Waals surface area (Å²) < 4.78 is 39.2. The van der Waals surface area contributed by atoms with E-state index in [0.717, 1.165) is 128 Å². The number of unbranched alkanes of at least 4 members (excludes halogenated alkanes) is 20. The van der Waals surface area contributed by atoms with Gasteiger partial charge in [-0.25, -0.2) is 4.79 Å². The van der Waals surface area contributed by atoms with Crippen LogP contribution in [0.5, 0.6) is 0 Å². The van der Waals surface area contributed by atoms with Gasteiger partial charge in [-0.1, -0.05) is 163 Å². The molecule has 0 aromatic rings. The van der Waals surface area contributed by atoms with E-state index >= 15 is 0 Å². The second kappa shape index (κ2) is 43.8. The predicted molar refractivity (Wildman–Crippen MR) is 270 cm³/mol. The van der Waals surface area contributed by atoms with Gasteiger partial charge in [0.25, 0.3) is 0 Å². The molecule has 1 aliphatic rings. The van der Waals surface area contributed by atoms with Gasteiger partial charge in [0.1, 0.15) is 12.7 Å². The molecule has 70 heavy (non-hydrogen) atoms. The van der Waals surface area contributed by atoms with Crippen molar-refractivity contribution in [2.24, 2.45) is 11.8 Å². The zero-order valence-corrected chi connectivity index (χ0v) is 44.5. The van der Waals surface area contributed by atoms with E-state index in [-0.39, 0.29) is 109 Å². The van der Waals surface area contributed by atoms with E-state index < -0.39 is 48.0 Å². The van der Waals surface area contributed by atoms with Gasteiger partial charge in [0.2, 0.25) is 0 Å². The number of hydrogen-bond acceptors (Lipinski definition) is 14. The Labute approximate surface area is 422 Å². The number of carbonyl (C=O) groups excluding carboxylic acids is 7. The lowest BCUT2D eigenvalue weighted by atomic mass is 10.0. The average molecular weight is 996 g/mol. The molecule has 0 N–H and O–H groups in total. The summed E-state index contributed by atoms with van der Waals surface area (Å²) in [6, 6.07) is -0.689. The van der Waals surface area contributed by atoms with E-state index in [4.69, 9.17) is 33.2 Å². The molecule has 0 aliphatic carbocycles. The van der Waals surface area contributed by atoms with Gasteiger partial charge in [-0.2, -0.15) is 0 Å². The average Bonchev–Trinajstić information content (AvgIpc) is 3.75. The quantitative estimate of drug-likeness (QED) is 0.0318. The van der Waals surface area contributed by atoms with Crippen molar-refractivity contribution in [1.82, 2.24) is 4.90 Å². The Kier molecular flexibility index (Phi) is 40.2. The van der Waals surface area contributed by atoms with Gasteiger partial charge in [0.15, 0.2) is 0 Å². The van der Waals surface area contributed by atoms with E-state index in [2.05, 4.69) is 27.7 Å². The zero-order valence-electron chi connectivity index (χ0n) is 44.5. The maximum absolute atomic E-state index is 13.5. The molecule has 1 rings (SSSR count). The van der Waals surface area contributed by atoms with E-state index in [1.165, 1.54) is 11.3 Å². The van der Waals surface area contributed by atoms with Crippen molar-refractivity contribution < 1.29 is 66.7 Å². The Hall–Kier alpha value is -3.91. The normalized spacial score (nSPS) is 14.8. The fraction of sp³-hybridized carbons (Fsp3) is 0.873. The number of ether oxygens (including phenoxy) is 7. The van der Waals surface area contributed by atoms with E-state index in [1.807, 2.05) is 6.92 Å². The Morgan fingerprint density at radius 2 is 0.800 bits per heavy atom. The second-order valence-electron chi connectivity index (χ2n) is 19.4. The number of likely N-dealkylation sites (tertiary alicyclic amines) is 1. The number of nitrogens with zero attached hydrogens (tertiary/aromatic N) is 1. The smallest absolute Gasteiger partial charge is 0.410 e. The zero-order chi connectivity index (χ0) is 51.5. The molecule has 0 aromatic heterocycles. The molecule has 0 radical (unpaired) electrons. The molecule has 0 saturated carbocycles. The van der Waals surface area contributed by atoms with Crippen molar-refractivity contribution in [2.75, 3.05) is 46.2 Å². The number of carbonyl (C=O) groups is 7. The van der Waals surface area contributed by atoms with Gasteiger partial charge in [0, 0.05) is 37.5 Å². The summed E-state index contributed by atoms with van der Waals surface area (Å²) in [7, 11) is 0. The summed E-state index contributed by atoms with van der Waals surface area (Å²) in [5, 5.41) is 0. The van der Waals surface area contributed by atoms with Gasteiger partial charge < -0.3 is 33.2 Å². The topological polar surface area (TPSA) is 187 Å². The van der Waals surface area contributed by atoms with Crippen molar-refractivity contribution in [1.29, 1.82) is 0 Å². The lowest BCUT2D eigenvalue weighted by Gasteiger charge is -2.23. The highest BCUT2D eigenvalue weighted by Gasteiger charge is 2.39. The van der Waals surface area contributed by atoms with Crippen LogP contribution in [0.25, 0.3) is 0 Å². The van der Waals surface area contributed by atoms with Crippen LogP contribution >= 0.6 is 0 Å². The predicted octanol–water partition coefficient (Wildman–Crippen LogP) is 12.3. The van der Waals surface area contributed by atoms with Crippen molar-refractivity contribution in [3.63, 3.8) is 0 Å². The molecule has 1 amide bonds. The van der Waals surface area contributed by atoms with E-state index in [0.29, 0.717) is 25.7 Å². The number of hydrogen-bond donors (Lipinski definition) is 0. The minimum absolute atomic E-state index is 0.0134. The Bertz CT molecular complexity index is 1380. The van der Waals surface area contributed by atoms with Crippen molar-refractivity contribution in [2.45, 2.75) is 252 Å². The third-order valence-electron chi connectivity index (χ3n) is 12.5.